The van der Waals surface area contributed by atoms with E-state index in [1.54, 1.807) is 0 Å². The quantitative estimate of drug-likeness (QED) is 0.0265. The van der Waals surface area contributed by atoms with Crippen molar-refractivity contribution in [3.05, 3.63) is 72.9 Å². The molecule has 0 aliphatic heterocycles. The van der Waals surface area contributed by atoms with Crippen LogP contribution in [-0.4, -0.2) is 37.2 Å². The van der Waals surface area contributed by atoms with Crippen LogP contribution in [0.3, 0.4) is 0 Å². The lowest BCUT2D eigenvalue weighted by Crippen LogP contribution is -2.30. The third-order valence-electron chi connectivity index (χ3n) is 9.68. The summed E-state index contributed by atoms with van der Waals surface area (Å²) >= 11 is 0. The summed E-state index contributed by atoms with van der Waals surface area (Å²) < 4.78 is 16.6. The van der Waals surface area contributed by atoms with Crippen LogP contribution in [0.5, 0.6) is 0 Å². The Morgan fingerprint density at radius 2 is 0.737 bits per heavy atom. The van der Waals surface area contributed by atoms with Crippen LogP contribution >= 0.6 is 0 Å². The minimum Gasteiger partial charge on any atom is -0.462 e. The average Bonchev–Trinajstić information content (AvgIpc) is 3.21. The van der Waals surface area contributed by atoms with Crippen molar-refractivity contribution in [1.29, 1.82) is 0 Å². The number of allylic oxidation sites excluding steroid dienone is 12. The monoisotopic (exact) mass is 795 g/mol. The molecule has 0 saturated carbocycles. The molecule has 0 spiro atoms. The molecular weight excluding hydrogens is 709 g/mol. The van der Waals surface area contributed by atoms with Gasteiger partial charge in [-0.3, -0.25) is 14.4 Å². The Balaban J connectivity index is 4.46. The summed E-state index contributed by atoms with van der Waals surface area (Å²) in [5, 5.41) is 0. The molecule has 0 radical (unpaired) electrons. The van der Waals surface area contributed by atoms with Gasteiger partial charge in [-0.25, -0.2) is 0 Å². The second kappa shape index (κ2) is 45.6. The topological polar surface area (TPSA) is 78.9 Å². The van der Waals surface area contributed by atoms with E-state index in [4.69, 9.17) is 14.2 Å². The van der Waals surface area contributed by atoms with Gasteiger partial charge >= 0.3 is 17.9 Å². The Hall–Kier alpha value is -3.15. The van der Waals surface area contributed by atoms with E-state index in [0.29, 0.717) is 19.3 Å². The first-order chi connectivity index (χ1) is 28.0. The Kier molecular flexibility index (Phi) is 43.0. The van der Waals surface area contributed by atoms with Crippen LogP contribution in [0.2, 0.25) is 0 Å². The molecular formula is C51H86O6. The number of hydrogen-bond acceptors (Lipinski definition) is 6. The summed E-state index contributed by atoms with van der Waals surface area (Å²) in [6.45, 7) is 6.38. The van der Waals surface area contributed by atoms with Crippen molar-refractivity contribution >= 4 is 17.9 Å². The van der Waals surface area contributed by atoms with Gasteiger partial charge in [0.2, 0.25) is 0 Å². The number of ether oxygens (including phenoxy) is 3. The van der Waals surface area contributed by atoms with Crippen LogP contribution in [0.15, 0.2) is 72.9 Å². The first-order valence-corrected chi connectivity index (χ1v) is 23.4. The zero-order chi connectivity index (χ0) is 41.5. The van der Waals surface area contributed by atoms with Gasteiger partial charge in [-0.2, -0.15) is 0 Å². The molecule has 0 saturated heterocycles. The fourth-order valence-electron chi connectivity index (χ4n) is 6.14. The molecule has 0 rings (SSSR count). The molecule has 0 aliphatic carbocycles. The molecule has 6 heteroatoms. The fourth-order valence-corrected chi connectivity index (χ4v) is 6.14. The normalized spacial score (nSPS) is 12.7. The van der Waals surface area contributed by atoms with Crippen molar-refractivity contribution < 1.29 is 28.6 Å². The van der Waals surface area contributed by atoms with Crippen LogP contribution in [0.4, 0.5) is 0 Å². The van der Waals surface area contributed by atoms with E-state index in [-0.39, 0.29) is 37.5 Å². The minimum atomic E-state index is -0.813. The molecule has 1 atom stereocenters. The zero-order valence-corrected chi connectivity index (χ0v) is 37.1. The molecule has 57 heavy (non-hydrogen) atoms. The lowest BCUT2D eigenvalue weighted by Gasteiger charge is -2.18. The van der Waals surface area contributed by atoms with Gasteiger partial charge in [0.15, 0.2) is 6.10 Å². The van der Waals surface area contributed by atoms with E-state index in [1.807, 2.05) is 6.08 Å². The SMILES string of the molecule is CC/C=C\C/C=C\C/C=C\CCCCCCCCC(=O)OCC(COC(=O)CCCCCC/C=C\CCCC)OC(=O)CC/C=C\C/C=C\CCCCCCCC. The third-order valence-corrected chi connectivity index (χ3v) is 9.68. The molecule has 0 aromatic rings. The fraction of sp³-hybridized carbons (Fsp3) is 0.706. The van der Waals surface area contributed by atoms with Gasteiger partial charge in [0.05, 0.1) is 0 Å². The smallest absolute Gasteiger partial charge is 0.306 e. The summed E-state index contributed by atoms with van der Waals surface area (Å²) in [5.74, 6) is -1.01. The Labute approximate surface area is 351 Å². The Morgan fingerprint density at radius 3 is 1.21 bits per heavy atom. The highest BCUT2D eigenvalue weighted by Crippen LogP contribution is 2.12. The van der Waals surface area contributed by atoms with Gasteiger partial charge in [-0.15, -0.1) is 0 Å². The van der Waals surface area contributed by atoms with Gasteiger partial charge in [0, 0.05) is 19.3 Å². The molecule has 6 nitrogen and oxygen atoms in total. The molecule has 326 valence electrons. The lowest BCUT2D eigenvalue weighted by atomic mass is 10.1. The number of carbonyl (C=O) groups is 3. The van der Waals surface area contributed by atoms with Crippen LogP contribution in [0.25, 0.3) is 0 Å². The number of carbonyl (C=O) groups excluding carboxylic acids is 3. The van der Waals surface area contributed by atoms with Crippen molar-refractivity contribution in [3.8, 4) is 0 Å². The maximum Gasteiger partial charge on any atom is 0.306 e. The van der Waals surface area contributed by atoms with E-state index in [1.165, 1.54) is 64.2 Å². The lowest BCUT2D eigenvalue weighted by molar-refractivity contribution is -0.166. The molecule has 0 bridgehead atoms. The predicted octanol–water partition coefficient (Wildman–Crippen LogP) is 15.1. The first-order valence-electron chi connectivity index (χ1n) is 23.4. The summed E-state index contributed by atoms with van der Waals surface area (Å²) in [5.41, 5.74) is 0. The summed E-state index contributed by atoms with van der Waals surface area (Å²) in [6, 6.07) is 0. The van der Waals surface area contributed by atoms with Crippen LogP contribution in [0, 0.1) is 0 Å². The van der Waals surface area contributed by atoms with Crippen molar-refractivity contribution in [2.45, 2.75) is 219 Å². The highest BCUT2D eigenvalue weighted by Gasteiger charge is 2.19. The maximum absolute atomic E-state index is 12.7. The van der Waals surface area contributed by atoms with E-state index in [2.05, 4.69) is 87.6 Å². The average molecular weight is 795 g/mol. The molecule has 0 fully saturated rings. The Bertz CT molecular complexity index is 1100. The summed E-state index contributed by atoms with van der Waals surface area (Å²) in [6.07, 6.45) is 56.1. The van der Waals surface area contributed by atoms with Crippen molar-refractivity contribution in [2.24, 2.45) is 0 Å². The van der Waals surface area contributed by atoms with Gasteiger partial charge in [0.25, 0.3) is 0 Å². The molecule has 0 N–H and O–H groups in total. The highest BCUT2D eigenvalue weighted by molar-refractivity contribution is 5.71. The number of hydrogen-bond donors (Lipinski definition) is 0. The second-order valence-corrected chi connectivity index (χ2v) is 15.3. The zero-order valence-electron chi connectivity index (χ0n) is 37.1. The van der Waals surface area contributed by atoms with Crippen molar-refractivity contribution in [2.75, 3.05) is 13.2 Å². The third kappa shape index (κ3) is 43.8. The van der Waals surface area contributed by atoms with Crippen molar-refractivity contribution in [1.82, 2.24) is 0 Å². The highest BCUT2D eigenvalue weighted by atomic mass is 16.6. The molecule has 0 heterocycles. The van der Waals surface area contributed by atoms with Crippen LogP contribution in [0.1, 0.15) is 213 Å². The largest absolute Gasteiger partial charge is 0.462 e. The van der Waals surface area contributed by atoms with E-state index >= 15 is 0 Å². The summed E-state index contributed by atoms with van der Waals surface area (Å²) in [4.78, 5) is 37.7. The van der Waals surface area contributed by atoms with Gasteiger partial charge < -0.3 is 14.2 Å². The van der Waals surface area contributed by atoms with Crippen molar-refractivity contribution in [3.63, 3.8) is 0 Å². The van der Waals surface area contributed by atoms with Crippen LogP contribution in [-0.2, 0) is 28.6 Å². The van der Waals surface area contributed by atoms with E-state index in [9.17, 15) is 14.4 Å². The molecule has 1 unspecified atom stereocenters. The van der Waals surface area contributed by atoms with Crippen LogP contribution < -0.4 is 0 Å². The maximum atomic E-state index is 12.7. The standard InChI is InChI=1S/C51H86O6/c1-4-7-10-13-16-19-22-24-25-26-28-29-32-35-38-41-44-50(53)56-47-48(46-55-49(52)43-40-37-34-31-21-18-15-12-9-6-3)57-51(54)45-42-39-36-33-30-27-23-20-17-14-11-8-5-2/h7,10,15-16,18-19,24-25,27,30,36,39,48H,4-6,8-9,11-14,17,20-23,26,28-29,31-35,37-38,40-47H2,1-3H3/b10-7-,18-15-,19-16-,25-24-,30-27-,39-36-. The van der Waals surface area contributed by atoms with Gasteiger partial charge in [-0.05, 0) is 89.9 Å². The molecule has 0 aromatic heterocycles. The first kappa shape index (κ1) is 53.9. The van der Waals surface area contributed by atoms with Gasteiger partial charge in [0.1, 0.15) is 13.2 Å². The molecule has 0 amide bonds. The number of rotatable bonds is 41. The molecule has 0 aromatic carbocycles. The number of unbranched alkanes of at least 4 members (excludes halogenated alkanes) is 18. The number of esters is 3. The Morgan fingerprint density at radius 1 is 0.368 bits per heavy atom. The minimum absolute atomic E-state index is 0.109. The second-order valence-electron chi connectivity index (χ2n) is 15.3. The predicted molar refractivity (Wildman–Crippen MR) is 242 cm³/mol. The molecule has 0 aliphatic rings. The van der Waals surface area contributed by atoms with E-state index < -0.39 is 6.10 Å². The summed E-state index contributed by atoms with van der Waals surface area (Å²) in [7, 11) is 0. The van der Waals surface area contributed by atoms with Gasteiger partial charge in [-0.1, -0.05) is 177 Å². The van der Waals surface area contributed by atoms with E-state index in [0.717, 1.165) is 103 Å².